The number of rotatable bonds is 15. The molecule has 0 rings (SSSR count). The first-order valence-electron chi connectivity index (χ1n) is 9.18. The summed E-state index contributed by atoms with van der Waals surface area (Å²) >= 11 is 0. The fourth-order valence-corrected chi connectivity index (χ4v) is 2.36. The third-order valence-electron chi connectivity index (χ3n) is 3.78. The van der Waals surface area contributed by atoms with Crippen LogP contribution in [-0.2, 0) is 14.3 Å². The van der Waals surface area contributed by atoms with Gasteiger partial charge >= 0.3 is 11.9 Å². The average molecular weight is 326 g/mol. The largest absolute Gasteiger partial charge is 0.481 e. The van der Waals surface area contributed by atoms with Crippen LogP contribution in [0.5, 0.6) is 0 Å². The summed E-state index contributed by atoms with van der Waals surface area (Å²) in [6, 6.07) is 0. The highest BCUT2D eigenvalue weighted by Crippen LogP contribution is 2.12. The van der Waals surface area contributed by atoms with Crippen LogP contribution in [0, 0.1) is 0 Å². The molecule has 134 valence electrons. The van der Waals surface area contributed by atoms with Gasteiger partial charge in [-0.15, -0.1) is 0 Å². The molecule has 1 N–H and O–H groups in total. The lowest BCUT2D eigenvalue weighted by molar-refractivity contribution is -0.146. The van der Waals surface area contributed by atoms with Crippen LogP contribution < -0.4 is 0 Å². The maximum Gasteiger partial charge on any atom is 0.306 e. The van der Waals surface area contributed by atoms with Gasteiger partial charge in [-0.1, -0.05) is 52.0 Å². The number of carbonyl (C=O) groups excluding carboxylic acids is 1. The lowest BCUT2D eigenvalue weighted by atomic mass is 10.1. The van der Waals surface area contributed by atoms with Gasteiger partial charge < -0.3 is 9.84 Å². The fourth-order valence-electron chi connectivity index (χ4n) is 2.36. The smallest absolute Gasteiger partial charge is 0.306 e. The summed E-state index contributed by atoms with van der Waals surface area (Å²) < 4.78 is 5.45. The zero-order chi connectivity index (χ0) is 17.3. The summed E-state index contributed by atoms with van der Waals surface area (Å²) in [7, 11) is 0. The van der Waals surface area contributed by atoms with Crippen LogP contribution in [0.25, 0.3) is 0 Å². The highest BCUT2D eigenvalue weighted by Gasteiger charge is 2.09. The Morgan fingerprint density at radius 3 is 2.35 bits per heavy atom. The number of carboxylic acids is 1. The molecule has 0 aromatic rings. The Balaban J connectivity index is 3.97. The van der Waals surface area contributed by atoms with E-state index in [1.54, 1.807) is 6.92 Å². The first-order chi connectivity index (χ1) is 11.1. The number of aliphatic carboxylic acids is 1. The molecule has 0 saturated carbocycles. The molecule has 0 spiro atoms. The van der Waals surface area contributed by atoms with E-state index in [4.69, 9.17) is 9.84 Å². The molecule has 23 heavy (non-hydrogen) atoms. The van der Waals surface area contributed by atoms with Crippen molar-refractivity contribution in [3.63, 3.8) is 0 Å². The van der Waals surface area contributed by atoms with Gasteiger partial charge in [0.25, 0.3) is 0 Å². The van der Waals surface area contributed by atoms with Gasteiger partial charge in [-0.05, 0) is 38.2 Å². The molecule has 0 aromatic heterocycles. The topological polar surface area (TPSA) is 63.6 Å². The standard InChI is InChI=1S/C19H34O4/c1-3-5-6-7-8-11-14-17(23-19(22)4-2)15-12-9-10-13-16-18(20)21/h11,14,17H,3-10,12-13,15-16H2,1-2H3,(H,20,21)/b14-11-. The van der Waals surface area contributed by atoms with Crippen LogP contribution in [0.3, 0.4) is 0 Å². The van der Waals surface area contributed by atoms with E-state index in [9.17, 15) is 9.59 Å². The van der Waals surface area contributed by atoms with Crippen LogP contribution >= 0.6 is 0 Å². The molecule has 0 aliphatic carbocycles. The maximum atomic E-state index is 11.5. The van der Waals surface area contributed by atoms with Crippen molar-refractivity contribution in [3.8, 4) is 0 Å². The lowest BCUT2D eigenvalue weighted by Crippen LogP contribution is -2.15. The van der Waals surface area contributed by atoms with Crippen molar-refractivity contribution in [1.82, 2.24) is 0 Å². The third-order valence-corrected chi connectivity index (χ3v) is 3.78. The van der Waals surface area contributed by atoms with E-state index < -0.39 is 5.97 Å². The number of ether oxygens (including phenoxy) is 1. The number of hydrogen-bond donors (Lipinski definition) is 1. The molecule has 0 heterocycles. The predicted molar refractivity (Wildman–Crippen MR) is 93.4 cm³/mol. The van der Waals surface area contributed by atoms with Crippen LogP contribution in [-0.4, -0.2) is 23.1 Å². The minimum Gasteiger partial charge on any atom is -0.481 e. The maximum absolute atomic E-state index is 11.5. The Morgan fingerprint density at radius 1 is 1.00 bits per heavy atom. The van der Waals surface area contributed by atoms with Crippen LogP contribution in [0.1, 0.15) is 90.9 Å². The molecule has 4 nitrogen and oxygen atoms in total. The predicted octanol–water partition coefficient (Wildman–Crippen LogP) is 5.26. The van der Waals surface area contributed by atoms with E-state index in [0.29, 0.717) is 6.42 Å². The van der Waals surface area contributed by atoms with Gasteiger partial charge in [-0.25, -0.2) is 0 Å². The second kappa shape index (κ2) is 15.6. The van der Waals surface area contributed by atoms with Crippen LogP contribution in [0.2, 0.25) is 0 Å². The minimum absolute atomic E-state index is 0.131. The number of carboxylic acid groups (broad SMARTS) is 1. The SMILES string of the molecule is CCCCCC/C=C\C(CCCCCCC(=O)O)OC(=O)CC. The van der Waals surface area contributed by atoms with Crippen molar-refractivity contribution in [2.24, 2.45) is 0 Å². The van der Waals surface area contributed by atoms with Crippen molar-refractivity contribution in [2.45, 2.75) is 97.0 Å². The van der Waals surface area contributed by atoms with E-state index in [1.165, 1.54) is 25.7 Å². The molecule has 0 radical (unpaired) electrons. The number of carbonyl (C=O) groups is 2. The van der Waals surface area contributed by atoms with Crippen molar-refractivity contribution >= 4 is 11.9 Å². The van der Waals surface area contributed by atoms with Gasteiger partial charge in [-0.3, -0.25) is 9.59 Å². The Labute approximate surface area is 141 Å². The van der Waals surface area contributed by atoms with Gasteiger partial charge in [0, 0.05) is 12.8 Å². The summed E-state index contributed by atoms with van der Waals surface area (Å²) in [5.74, 6) is -0.887. The van der Waals surface area contributed by atoms with E-state index in [2.05, 4.69) is 13.0 Å². The Kier molecular flexibility index (Phi) is 14.7. The molecular weight excluding hydrogens is 292 g/mol. The Morgan fingerprint density at radius 2 is 1.70 bits per heavy atom. The summed E-state index contributed by atoms with van der Waals surface area (Å²) in [6.45, 7) is 4.01. The monoisotopic (exact) mass is 326 g/mol. The van der Waals surface area contributed by atoms with Gasteiger partial charge in [0.2, 0.25) is 0 Å². The van der Waals surface area contributed by atoms with Crippen molar-refractivity contribution in [1.29, 1.82) is 0 Å². The number of unbranched alkanes of at least 4 members (excludes halogenated alkanes) is 7. The highest BCUT2D eigenvalue weighted by atomic mass is 16.5. The molecule has 1 unspecified atom stereocenters. The lowest BCUT2D eigenvalue weighted by Gasteiger charge is -2.14. The zero-order valence-corrected chi connectivity index (χ0v) is 14.9. The molecule has 1 atom stereocenters. The van der Waals surface area contributed by atoms with E-state index >= 15 is 0 Å². The Hall–Kier alpha value is -1.32. The fraction of sp³-hybridized carbons (Fsp3) is 0.789. The average Bonchev–Trinajstić information content (AvgIpc) is 2.53. The normalized spacial score (nSPS) is 12.4. The zero-order valence-electron chi connectivity index (χ0n) is 14.9. The van der Waals surface area contributed by atoms with E-state index in [-0.39, 0.29) is 18.5 Å². The Bertz CT molecular complexity index is 336. The van der Waals surface area contributed by atoms with E-state index in [0.717, 1.165) is 38.5 Å². The molecule has 0 amide bonds. The van der Waals surface area contributed by atoms with Crippen molar-refractivity contribution in [3.05, 3.63) is 12.2 Å². The molecule has 0 bridgehead atoms. The second-order valence-corrected chi connectivity index (χ2v) is 6.01. The first-order valence-corrected chi connectivity index (χ1v) is 9.18. The van der Waals surface area contributed by atoms with E-state index in [1.807, 2.05) is 6.08 Å². The van der Waals surface area contributed by atoms with Gasteiger partial charge in [0.1, 0.15) is 6.10 Å². The van der Waals surface area contributed by atoms with Crippen LogP contribution in [0.15, 0.2) is 12.2 Å². The van der Waals surface area contributed by atoms with Gasteiger partial charge in [-0.2, -0.15) is 0 Å². The van der Waals surface area contributed by atoms with Gasteiger partial charge in [0.15, 0.2) is 0 Å². The van der Waals surface area contributed by atoms with Crippen molar-refractivity contribution < 1.29 is 19.4 Å². The summed E-state index contributed by atoms with van der Waals surface area (Å²) in [4.78, 5) is 21.9. The second-order valence-electron chi connectivity index (χ2n) is 6.01. The summed E-state index contributed by atoms with van der Waals surface area (Å²) in [5.41, 5.74) is 0. The van der Waals surface area contributed by atoms with Crippen LogP contribution in [0.4, 0.5) is 0 Å². The molecule has 0 aromatic carbocycles. The highest BCUT2D eigenvalue weighted by molar-refractivity contribution is 5.69. The molecule has 0 aliphatic rings. The van der Waals surface area contributed by atoms with Gasteiger partial charge in [0.05, 0.1) is 0 Å². The molecule has 0 fully saturated rings. The number of allylic oxidation sites excluding steroid dienone is 1. The minimum atomic E-state index is -0.731. The quantitative estimate of drug-likeness (QED) is 0.253. The number of hydrogen-bond acceptors (Lipinski definition) is 3. The first kappa shape index (κ1) is 21.7. The molecule has 0 saturated heterocycles. The molecular formula is C19H34O4. The molecule has 0 aliphatic heterocycles. The number of esters is 1. The molecule has 4 heteroatoms. The summed E-state index contributed by atoms with van der Waals surface area (Å²) in [6.07, 6.45) is 15.1. The third kappa shape index (κ3) is 15.4. The van der Waals surface area contributed by atoms with Crippen molar-refractivity contribution in [2.75, 3.05) is 0 Å². The summed E-state index contributed by atoms with van der Waals surface area (Å²) in [5, 5.41) is 8.59.